The summed E-state index contributed by atoms with van der Waals surface area (Å²) in [4.78, 5) is 9.61. The van der Waals surface area contributed by atoms with Crippen molar-refractivity contribution in [3.8, 4) is 0 Å². The number of aromatic nitrogens is 2. The Bertz CT molecular complexity index is 552. The lowest BCUT2D eigenvalue weighted by Gasteiger charge is -2.31. The highest BCUT2D eigenvalue weighted by Crippen LogP contribution is 2.37. The summed E-state index contributed by atoms with van der Waals surface area (Å²) < 4.78 is 0. The average Bonchev–Trinajstić information content (AvgIpc) is 2.57. The van der Waals surface area contributed by atoms with Crippen molar-refractivity contribution in [1.29, 1.82) is 0 Å². The second kappa shape index (κ2) is 6.70. The maximum absolute atomic E-state index is 4.84. The number of hydrogen-bond donors (Lipinski definition) is 1. The van der Waals surface area contributed by atoms with Gasteiger partial charge >= 0.3 is 0 Å². The van der Waals surface area contributed by atoms with Gasteiger partial charge in [-0.2, -0.15) is 0 Å². The van der Waals surface area contributed by atoms with E-state index < -0.39 is 0 Å². The molecule has 3 heteroatoms. The molecular weight excluding hydrogens is 258 g/mol. The summed E-state index contributed by atoms with van der Waals surface area (Å²) in [5.41, 5.74) is 2.27. The molecule has 0 spiro atoms. The molecule has 0 saturated carbocycles. The molecule has 1 aromatic carbocycles. The van der Waals surface area contributed by atoms with E-state index in [0.717, 1.165) is 36.6 Å². The van der Waals surface area contributed by atoms with Crippen molar-refractivity contribution in [1.82, 2.24) is 9.97 Å². The van der Waals surface area contributed by atoms with Crippen LogP contribution < -0.4 is 5.32 Å². The fourth-order valence-electron chi connectivity index (χ4n) is 2.88. The third-order valence-electron chi connectivity index (χ3n) is 4.36. The lowest BCUT2D eigenvalue weighted by molar-refractivity contribution is 0.448. The Kier molecular flexibility index (Phi) is 4.94. The van der Waals surface area contributed by atoms with E-state index in [0.29, 0.717) is 0 Å². The van der Waals surface area contributed by atoms with Gasteiger partial charge in [0.2, 0.25) is 0 Å². The zero-order chi connectivity index (χ0) is 15.3. The van der Waals surface area contributed by atoms with Gasteiger partial charge in [-0.3, -0.25) is 0 Å². The number of aryl methyl sites for hydroxylation is 1. The van der Waals surface area contributed by atoms with E-state index in [1.165, 1.54) is 5.56 Å². The van der Waals surface area contributed by atoms with Crippen LogP contribution in [0.3, 0.4) is 0 Å². The van der Waals surface area contributed by atoms with Crippen LogP contribution in [0.15, 0.2) is 36.4 Å². The molecule has 2 aromatic rings. The number of nitrogens with zero attached hydrogens (tertiary/aromatic N) is 2. The van der Waals surface area contributed by atoms with Crippen LogP contribution in [0.4, 0.5) is 5.82 Å². The minimum atomic E-state index is -0.113. The second-order valence-corrected chi connectivity index (χ2v) is 5.33. The van der Waals surface area contributed by atoms with Gasteiger partial charge < -0.3 is 5.32 Å². The van der Waals surface area contributed by atoms with Crippen molar-refractivity contribution in [3.05, 3.63) is 53.5 Å². The topological polar surface area (TPSA) is 37.8 Å². The van der Waals surface area contributed by atoms with Crippen molar-refractivity contribution in [2.24, 2.45) is 0 Å². The van der Waals surface area contributed by atoms with Crippen molar-refractivity contribution in [2.45, 2.75) is 45.4 Å². The Labute approximate surface area is 127 Å². The normalized spacial score (nSPS) is 11.4. The highest BCUT2D eigenvalue weighted by atomic mass is 15.0. The van der Waals surface area contributed by atoms with Crippen molar-refractivity contribution in [3.63, 3.8) is 0 Å². The molecule has 2 rings (SSSR count). The van der Waals surface area contributed by atoms with Gasteiger partial charge in [-0.1, -0.05) is 51.1 Å². The lowest BCUT2D eigenvalue weighted by atomic mass is 9.75. The van der Waals surface area contributed by atoms with Crippen LogP contribution in [-0.2, 0) is 11.8 Å². The van der Waals surface area contributed by atoms with Gasteiger partial charge in [0.05, 0.1) is 5.41 Å². The molecule has 21 heavy (non-hydrogen) atoms. The van der Waals surface area contributed by atoms with Crippen molar-refractivity contribution in [2.75, 3.05) is 12.4 Å². The zero-order valence-electron chi connectivity index (χ0n) is 13.5. The standard InChI is InChI=1S/C18H25N3/c1-5-15-13-16(19-4)21-17(20-15)18(6-2,7-3)14-11-9-8-10-12-14/h8-13H,5-7H2,1-4H3,(H,19,20,21). The molecule has 0 unspecified atom stereocenters. The van der Waals surface area contributed by atoms with E-state index in [1.807, 2.05) is 13.1 Å². The first-order chi connectivity index (χ1) is 10.2. The van der Waals surface area contributed by atoms with E-state index >= 15 is 0 Å². The molecule has 0 amide bonds. The van der Waals surface area contributed by atoms with Crippen LogP contribution in [0.2, 0.25) is 0 Å². The second-order valence-electron chi connectivity index (χ2n) is 5.33. The summed E-state index contributed by atoms with van der Waals surface area (Å²) in [7, 11) is 1.91. The minimum Gasteiger partial charge on any atom is -0.373 e. The highest BCUT2D eigenvalue weighted by Gasteiger charge is 2.34. The predicted octanol–water partition coefficient (Wildman–Crippen LogP) is 4.19. The number of nitrogens with one attached hydrogen (secondary N) is 1. The summed E-state index contributed by atoms with van der Waals surface area (Å²) in [6, 6.07) is 12.7. The summed E-state index contributed by atoms with van der Waals surface area (Å²) in [5.74, 6) is 1.83. The van der Waals surface area contributed by atoms with E-state index in [2.05, 4.69) is 56.4 Å². The quantitative estimate of drug-likeness (QED) is 0.864. The first-order valence-corrected chi connectivity index (χ1v) is 7.81. The smallest absolute Gasteiger partial charge is 0.141 e. The monoisotopic (exact) mass is 283 g/mol. The zero-order valence-corrected chi connectivity index (χ0v) is 13.5. The fourth-order valence-corrected chi connectivity index (χ4v) is 2.88. The molecular formula is C18H25N3. The molecule has 3 nitrogen and oxygen atoms in total. The van der Waals surface area contributed by atoms with Crippen LogP contribution in [0.1, 0.15) is 50.7 Å². The van der Waals surface area contributed by atoms with Gasteiger partial charge in [0.1, 0.15) is 11.6 Å². The summed E-state index contributed by atoms with van der Waals surface area (Å²) in [5, 5.41) is 3.16. The number of benzene rings is 1. The predicted molar refractivity (Wildman–Crippen MR) is 88.8 cm³/mol. The van der Waals surface area contributed by atoms with Gasteiger partial charge in [0.25, 0.3) is 0 Å². The Hall–Kier alpha value is -1.90. The number of anilines is 1. The molecule has 0 aliphatic carbocycles. The Morgan fingerprint density at radius 3 is 2.19 bits per heavy atom. The van der Waals surface area contributed by atoms with Crippen LogP contribution in [0, 0.1) is 0 Å². The molecule has 0 atom stereocenters. The molecule has 112 valence electrons. The first kappa shape index (κ1) is 15.5. The average molecular weight is 283 g/mol. The molecule has 1 N–H and O–H groups in total. The Balaban J connectivity index is 2.62. The van der Waals surface area contributed by atoms with Crippen molar-refractivity contribution >= 4 is 5.82 Å². The molecule has 0 aliphatic rings. The molecule has 0 radical (unpaired) electrons. The van der Waals surface area contributed by atoms with E-state index in [4.69, 9.17) is 9.97 Å². The Morgan fingerprint density at radius 1 is 1.00 bits per heavy atom. The largest absolute Gasteiger partial charge is 0.373 e. The molecule has 0 aliphatic heterocycles. The summed E-state index contributed by atoms with van der Waals surface area (Å²) >= 11 is 0. The van der Waals surface area contributed by atoms with Gasteiger partial charge in [-0.05, 0) is 24.8 Å². The minimum absolute atomic E-state index is 0.113. The maximum Gasteiger partial charge on any atom is 0.141 e. The molecule has 1 aromatic heterocycles. The molecule has 0 bridgehead atoms. The summed E-state index contributed by atoms with van der Waals surface area (Å²) in [6.45, 7) is 6.57. The fraction of sp³-hybridized carbons (Fsp3) is 0.444. The number of rotatable bonds is 6. The van der Waals surface area contributed by atoms with Gasteiger partial charge in [0.15, 0.2) is 0 Å². The van der Waals surface area contributed by atoms with E-state index in [1.54, 1.807) is 0 Å². The summed E-state index contributed by atoms with van der Waals surface area (Å²) in [6.07, 6.45) is 2.90. The first-order valence-electron chi connectivity index (χ1n) is 7.81. The van der Waals surface area contributed by atoms with Crippen LogP contribution >= 0.6 is 0 Å². The number of hydrogen-bond acceptors (Lipinski definition) is 3. The third-order valence-corrected chi connectivity index (χ3v) is 4.36. The molecule has 0 fully saturated rings. The van der Waals surface area contributed by atoms with Gasteiger partial charge in [0, 0.05) is 18.8 Å². The van der Waals surface area contributed by atoms with Crippen LogP contribution in [-0.4, -0.2) is 17.0 Å². The van der Waals surface area contributed by atoms with E-state index in [-0.39, 0.29) is 5.41 Å². The molecule has 1 heterocycles. The van der Waals surface area contributed by atoms with E-state index in [9.17, 15) is 0 Å². The van der Waals surface area contributed by atoms with Gasteiger partial charge in [-0.25, -0.2) is 9.97 Å². The third kappa shape index (κ3) is 2.92. The van der Waals surface area contributed by atoms with Crippen LogP contribution in [0.25, 0.3) is 0 Å². The SMILES string of the molecule is CCc1cc(NC)nc(C(CC)(CC)c2ccccc2)n1. The Morgan fingerprint density at radius 2 is 1.67 bits per heavy atom. The highest BCUT2D eigenvalue weighted by molar-refractivity contribution is 5.40. The molecule has 0 saturated heterocycles. The van der Waals surface area contributed by atoms with Gasteiger partial charge in [-0.15, -0.1) is 0 Å². The van der Waals surface area contributed by atoms with Crippen molar-refractivity contribution < 1.29 is 0 Å². The maximum atomic E-state index is 4.84. The lowest BCUT2D eigenvalue weighted by Crippen LogP contribution is -2.29. The van der Waals surface area contributed by atoms with Crippen LogP contribution in [0.5, 0.6) is 0 Å².